The van der Waals surface area contributed by atoms with Crippen molar-refractivity contribution in [1.29, 1.82) is 0 Å². The lowest BCUT2D eigenvalue weighted by molar-refractivity contribution is -0.192. The molecule has 0 aliphatic carbocycles. The smallest absolute Gasteiger partial charge is 0.475 e. The molecule has 2 aromatic rings. The lowest BCUT2D eigenvalue weighted by atomic mass is 9.88. The molecule has 1 N–H and O–H groups in total. The van der Waals surface area contributed by atoms with Gasteiger partial charge >= 0.3 is 12.1 Å². The fourth-order valence-electron chi connectivity index (χ4n) is 3.90. The number of thiophene rings is 1. The second kappa shape index (κ2) is 8.85. The van der Waals surface area contributed by atoms with Crippen molar-refractivity contribution in [2.24, 2.45) is 0 Å². The highest BCUT2D eigenvalue weighted by Gasteiger charge is 2.43. The summed E-state index contributed by atoms with van der Waals surface area (Å²) < 4.78 is 40.2. The average molecular weight is 431 g/mol. The van der Waals surface area contributed by atoms with Gasteiger partial charge in [-0.1, -0.05) is 0 Å². The average Bonchev–Trinajstić information content (AvgIpc) is 3.37. The molecule has 2 aromatic heterocycles. The van der Waals surface area contributed by atoms with Crippen LogP contribution in [0.15, 0.2) is 30.9 Å². The molecule has 10 heteroatoms. The molecule has 2 aliphatic heterocycles. The summed E-state index contributed by atoms with van der Waals surface area (Å²) in [5.74, 6) is -2.76. The Morgan fingerprint density at radius 1 is 1.45 bits per heavy atom. The third-order valence-electron chi connectivity index (χ3n) is 5.17. The van der Waals surface area contributed by atoms with E-state index in [1.54, 1.807) is 0 Å². The molecule has 0 amide bonds. The van der Waals surface area contributed by atoms with Crippen molar-refractivity contribution in [3.63, 3.8) is 0 Å². The number of nitrogens with zero attached hydrogens (tertiary/aromatic N) is 3. The van der Waals surface area contributed by atoms with Gasteiger partial charge in [0.2, 0.25) is 0 Å². The van der Waals surface area contributed by atoms with E-state index in [4.69, 9.17) is 14.6 Å². The van der Waals surface area contributed by atoms with Gasteiger partial charge in [0.15, 0.2) is 0 Å². The van der Waals surface area contributed by atoms with Crippen LogP contribution < -0.4 is 0 Å². The predicted molar refractivity (Wildman–Crippen MR) is 102 cm³/mol. The summed E-state index contributed by atoms with van der Waals surface area (Å²) in [5.41, 5.74) is 0.0551. The van der Waals surface area contributed by atoms with E-state index in [1.807, 2.05) is 23.9 Å². The monoisotopic (exact) mass is 431 g/mol. The number of hydrogen-bond acceptors (Lipinski definition) is 5. The molecule has 2 unspecified atom stereocenters. The number of carbonyl (C=O) groups is 1. The number of carboxylic acids is 1. The van der Waals surface area contributed by atoms with E-state index in [0.29, 0.717) is 6.04 Å². The maximum atomic E-state index is 10.6. The number of aryl methyl sites for hydroxylation is 1. The second-order valence-electron chi connectivity index (χ2n) is 7.49. The van der Waals surface area contributed by atoms with E-state index in [2.05, 4.69) is 39.7 Å². The lowest BCUT2D eigenvalue weighted by Crippen LogP contribution is -2.47. The molecule has 2 aliphatic rings. The number of ether oxygens (including phenoxy) is 1. The summed E-state index contributed by atoms with van der Waals surface area (Å²) in [5, 5.41) is 7.12. The number of carboxylic acid groups (broad SMARTS) is 1. The largest absolute Gasteiger partial charge is 0.490 e. The Morgan fingerprint density at radius 2 is 2.21 bits per heavy atom. The molecule has 2 saturated heterocycles. The van der Waals surface area contributed by atoms with Crippen LogP contribution >= 0.6 is 11.3 Å². The van der Waals surface area contributed by atoms with Gasteiger partial charge in [0, 0.05) is 41.7 Å². The number of aliphatic carboxylic acids is 1. The van der Waals surface area contributed by atoms with Crippen molar-refractivity contribution < 1.29 is 27.8 Å². The molecule has 1 spiro atoms. The van der Waals surface area contributed by atoms with Crippen LogP contribution in [0.4, 0.5) is 13.2 Å². The predicted octanol–water partition coefficient (Wildman–Crippen LogP) is 3.88. The SMILES string of the molecule is Cc1ccc(CN2CCCC3(CC(n4ccnc4)CO3)C2)s1.O=C(O)C(F)(F)F. The van der Waals surface area contributed by atoms with Crippen LogP contribution in [0.3, 0.4) is 0 Å². The Kier molecular flexibility index (Phi) is 6.65. The molecule has 0 bridgehead atoms. The highest BCUT2D eigenvalue weighted by molar-refractivity contribution is 7.11. The number of aromatic nitrogens is 2. The van der Waals surface area contributed by atoms with E-state index in [1.165, 1.54) is 29.1 Å². The Morgan fingerprint density at radius 3 is 2.79 bits per heavy atom. The summed E-state index contributed by atoms with van der Waals surface area (Å²) in [6.07, 6.45) is 4.30. The van der Waals surface area contributed by atoms with Crippen LogP contribution in [0.25, 0.3) is 0 Å². The molecular weight excluding hydrogens is 407 g/mol. The van der Waals surface area contributed by atoms with Gasteiger partial charge in [-0.2, -0.15) is 13.2 Å². The molecule has 2 fully saturated rings. The Labute approximate surface area is 170 Å². The van der Waals surface area contributed by atoms with Gasteiger partial charge in [0.1, 0.15) is 0 Å². The first kappa shape index (κ1) is 21.8. The van der Waals surface area contributed by atoms with Gasteiger partial charge in [-0.05, 0) is 38.4 Å². The molecule has 4 heterocycles. The molecule has 0 aromatic carbocycles. The first-order valence-electron chi connectivity index (χ1n) is 9.36. The molecule has 160 valence electrons. The molecular formula is C19H24F3N3O3S. The molecule has 0 saturated carbocycles. The number of piperidine rings is 1. The Balaban J connectivity index is 0.000000298. The zero-order valence-corrected chi connectivity index (χ0v) is 16.9. The van der Waals surface area contributed by atoms with Gasteiger partial charge in [-0.15, -0.1) is 11.3 Å². The summed E-state index contributed by atoms with van der Waals surface area (Å²) in [6.45, 7) is 6.33. The number of imidazole rings is 1. The number of hydrogen-bond donors (Lipinski definition) is 1. The molecule has 6 nitrogen and oxygen atoms in total. The molecule has 2 atom stereocenters. The number of likely N-dealkylation sites (tertiary alicyclic amines) is 1. The minimum atomic E-state index is -5.08. The third kappa shape index (κ3) is 5.80. The zero-order chi connectivity index (χ0) is 21.1. The highest BCUT2D eigenvalue weighted by atomic mass is 32.1. The normalized spacial score (nSPS) is 25.0. The zero-order valence-electron chi connectivity index (χ0n) is 16.1. The molecule has 29 heavy (non-hydrogen) atoms. The van der Waals surface area contributed by atoms with Crippen LogP contribution in [0, 0.1) is 6.92 Å². The topological polar surface area (TPSA) is 67.6 Å². The van der Waals surface area contributed by atoms with Gasteiger partial charge < -0.3 is 14.4 Å². The third-order valence-corrected chi connectivity index (χ3v) is 6.16. The van der Waals surface area contributed by atoms with E-state index >= 15 is 0 Å². The van der Waals surface area contributed by atoms with Crippen molar-refractivity contribution in [3.05, 3.63) is 40.6 Å². The van der Waals surface area contributed by atoms with Crippen molar-refractivity contribution >= 4 is 17.3 Å². The van der Waals surface area contributed by atoms with E-state index in [-0.39, 0.29) is 5.60 Å². The quantitative estimate of drug-likeness (QED) is 0.799. The van der Waals surface area contributed by atoms with Crippen molar-refractivity contribution in [3.8, 4) is 0 Å². The van der Waals surface area contributed by atoms with Crippen molar-refractivity contribution in [2.45, 2.75) is 50.6 Å². The summed E-state index contributed by atoms with van der Waals surface area (Å²) >= 11 is 1.92. The fourth-order valence-corrected chi connectivity index (χ4v) is 4.83. The standard InChI is InChI=1S/C17H23N3OS.C2HF3O2/c1-14-3-4-16(22-14)10-19-7-2-5-17(12-19)9-15(11-21-17)20-8-6-18-13-20;3-2(4,5)1(6)7/h3-4,6,8,13,15H,2,5,7,9-12H2,1H3;(H,6,7). The summed E-state index contributed by atoms with van der Waals surface area (Å²) in [6, 6.07) is 4.94. The van der Waals surface area contributed by atoms with Crippen LogP contribution in [0.2, 0.25) is 0 Å². The first-order valence-corrected chi connectivity index (χ1v) is 10.2. The minimum absolute atomic E-state index is 0.0551. The Hall–Kier alpha value is -1.91. The van der Waals surface area contributed by atoms with Crippen LogP contribution in [0.1, 0.15) is 35.1 Å². The number of halogens is 3. The maximum absolute atomic E-state index is 10.6. The van der Waals surface area contributed by atoms with Crippen LogP contribution in [-0.2, 0) is 16.1 Å². The van der Waals surface area contributed by atoms with Gasteiger partial charge in [0.05, 0.1) is 24.6 Å². The second-order valence-corrected chi connectivity index (χ2v) is 8.86. The van der Waals surface area contributed by atoms with Crippen molar-refractivity contribution in [1.82, 2.24) is 14.5 Å². The molecule has 4 rings (SSSR count). The van der Waals surface area contributed by atoms with E-state index < -0.39 is 12.1 Å². The minimum Gasteiger partial charge on any atom is -0.475 e. The number of rotatable bonds is 3. The van der Waals surface area contributed by atoms with Gasteiger partial charge in [-0.25, -0.2) is 9.78 Å². The van der Waals surface area contributed by atoms with E-state index in [0.717, 1.165) is 26.1 Å². The summed E-state index contributed by atoms with van der Waals surface area (Å²) in [4.78, 5) is 18.5. The number of alkyl halides is 3. The van der Waals surface area contributed by atoms with Crippen LogP contribution in [0.5, 0.6) is 0 Å². The first-order chi connectivity index (χ1) is 13.7. The van der Waals surface area contributed by atoms with Gasteiger partial charge in [-0.3, -0.25) is 4.90 Å². The maximum Gasteiger partial charge on any atom is 0.490 e. The van der Waals surface area contributed by atoms with Crippen LogP contribution in [-0.4, -0.2) is 57.0 Å². The molecule has 0 radical (unpaired) electrons. The van der Waals surface area contributed by atoms with Gasteiger partial charge in [0.25, 0.3) is 0 Å². The summed E-state index contributed by atoms with van der Waals surface area (Å²) in [7, 11) is 0. The lowest BCUT2D eigenvalue weighted by Gasteiger charge is -2.39. The highest BCUT2D eigenvalue weighted by Crippen LogP contribution is 2.39. The van der Waals surface area contributed by atoms with Crippen molar-refractivity contribution in [2.75, 3.05) is 19.7 Å². The Bertz CT molecular complexity index is 809. The fraction of sp³-hybridized carbons (Fsp3) is 0.579. The van der Waals surface area contributed by atoms with E-state index in [9.17, 15) is 13.2 Å².